The highest BCUT2D eigenvalue weighted by atomic mass is 32.2. The van der Waals surface area contributed by atoms with Gasteiger partial charge in [-0.15, -0.1) is 0 Å². The quantitative estimate of drug-likeness (QED) is 0.171. The molecular weight excluding hydrogens is 809 g/mol. The van der Waals surface area contributed by atoms with E-state index in [0.29, 0.717) is 16.3 Å². The van der Waals surface area contributed by atoms with Gasteiger partial charge in [-0.05, 0) is 83.1 Å². The summed E-state index contributed by atoms with van der Waals surface area (Å²) < 4.78 is 62.4. The Hall–Kier alpha value is -1.38. The topological polar surface area (TPSA) is 170 Å². The molecule has 0 spiro atoms. The second-order valence-corrected chi connectivity index (χ2v) is 24.0. The molecule has 0 heterocycles. The smallest absolute Gasteiger partial charge is 0.308 e. The van der Waals surface area contributed by atoms with Gasteiger partial charge in [0.25, 0.3) is 0 Å². The van der Waals surface area contributed by atoms with Crippen LogP contribution in [0.2, 0.25) is 0 Å². The molecule has 372 valence electrons. The molecule has 2 N–H and O–H groups in total. The molecule has 0 saturated carbocycles. The zero-order chi connectivity index (χ0) is 44.4. The maximum absolute atomic E-state index is 11.0. The van der Waals surface area contributed by atoms with E-state index in [1.807, 2.05) is 111 Å². The lowest BCUT2D eigenvalue weighted by Crippen LogP contribution is -2.35. The van der Waals surface area contributed by atoms with E-state index in [9.17, 15) is 35.4 Å². The fourth-order valence-corrected chi connectivity index (χ4v) is 6.15. The molecular formula is C45H110N2O9S3. The number of carbonyl (C=O) groups is 3. The Morgan fingerprint density at radius 3 is 0.814 bits per heavy atom. The van der Waals surface area contributed by atoms with E-state index < -0.39 is 30.7 Å². The molecule has 0 fully saturated rings. The monoisotopic (exact) mass is 919 g/mol. The zero-order valence-electron chi connectivity index (χ0n) is 38.3. The van der Waals surface area contributed by atoms with Crippen LogP contribution in [0.25, 0.3) is 0 Å². The first kappa shape index (κ1) is 88.8. The summed E-state index contributed by atoms with van der Waals surface area (Å²) in [6.45, 7) is 44.4. The predicted molar refractivity (Wildman–Crippen MR) is 269 cm³/mol. The highest BCUT2D eigenvalue weighted by Gasteiger charge is 2.20. The SMILES string of the molecule is C.C.C.C.C.C.CC(C)C(=O)C(C)C.CC(C)NC(=O)C(C)C.CC(C)NS(=O)(=O)C(C)C.CC(C)OC(=O)C(C)C.CC(C)S(=O)(=O)C(C)C.CC(C)S(=O)C(C)C. The Labute approximate surface area is 375 Å². The van der Waals surface area contributed by atoms with Crippen LogP contribution in [0, 0.1) is 23.7 Å². The van der Waals surface area contributed by atoms with Crippen molar-refractivity contribution in [2.75, 3.05) is 0 Å². The van der Waals surface area contributed by atoms with Crippen LogP contribution in [0.3, 0.4) is 0 Å². The fraction of sp³-hybridized carbons (Fsp3) is 0.933. The molecule has 0 aromatic heterocycles. The largest absolute Gasteiger partial charge is 0.463 e. The number of sulfone groups is 1. The van der Waals surface area contributed by atoms with Gasteiger partial charge in [-0.2, -0.15) is 0 Å². The summed E-state index contributed by atoms with van der Waals surface area (Å²) in [5.41, 5.74) is 0. The van der Waals surface area contributed by atoms with E-state index in [4.69, 9.17) is 4.74 Å². The van der Waals surface area contributed by atoms with Crippen LogP contribution in [0.1, 0.15) is 211 Å². The first-order valence-electron chi connectivity index (χ1n) is 19.1. The van der Waals surface area contributed by atoms with Crippen LogP contribution in [0.4, 0.5) is 0 Å². The Morgan fingerprint density at radius 2 is 0.763 bits per heavy atom. The number of rotatable bonds is 13. The third kappa shape index (κ3) is 58.8. The molecule has 0 bridgehead atoms. The van der Waals surface area contributed by atoms with Gasteiger partial charge in [-0.1, -0.05) is 128 Å². The summed E-state index contributed by atoms with van der Waals surface area (Å²) in [6, 6.07) is 0.257. The zero-order valence-corrected chi connectivity index (χ0v) is 40.8. The van der Waals surface area contributed by atoms with Gasteiger partial charge < -0.3 is 10.1 Å². The molecule has 11 nitrogen and oxygen atoms in total. The minimum atomic E-state index is -3.05. The Morgan fingerprint density at radius 1 is 0.458 bits per heavy atom. The number of sulfonamides is 1. The third-order valence-electron chi connectivity index (χ3n) is 6.18. The number of hydrogen-bond acceptors (Lipinski definition) is 9. The molecule has 0 aliphatic rings. The summed E-state index contributed by atoms with van der Waals surface area (Å²) in [4.78, 5) is 32.4. The molecule has 0 saturated heterocycles. The van der Waals surface area contributed by atoms with Crippen molar-refractivity contribution in [2.45, 2.75) is 255 Å². The van der Waals surface area contributed by atoms with Crippen molar-refractivity contribution in [3.63, 3.8) is 0 Å². The molecule has 0 unspecified atom stereocenters. The van der Waals surface area contributed by atoms with Crippen molar-refractivity contribution in [3.05, 3.63) is 0 Å². The van der Waals surface area contributed by atoms with Crippen molar-refractivity contribution in [1.82, 2.24) is 10.0 Å². The summed E-state index contributed by atoms with van der Waals surface area (Å²) in [7, 11) is -6.49. The lowest BCUT2D eigenvalue weighted by Gasteiger charge is -2.11. The van der Waals surface area contributed by atoms with Gasteiger partial charge in [0.2, 0.25) is 15.9 Å². The molecule has 0 aliphatic carbocycles. The van der Waals surface area contributed by atoms with Crippen molar-refractivity contribution in [1.29, 1.82) is 0 Å². The van der Waals surface area contributed by atoms with Crippen LogP contribution in [0.15, 0.2) is 0 Å². The van der Waals surface area contributed by atoms with E-state index in [2.05, 4.69) is 10.0 Å². The second-order valence-electron chi connectivity index (χ2n) is 16.1. The predicted octanol–water partition coefficient (Wildman–Crippen LogP) is 11.9. The van der Waals surface area contributed by atoms with Gasteiger partial charge in [0.15, 0.2) is 9.84 Å². The molecule has 0 aliphatic heterocycles. The first-order valence-corrected chi connectivity index (χ1v) is 23.5. The van der Waals surface area contributed by atoms with E-state index in [0.717, 1.165) is 0 Å². The highest BCUT2D eigenvalue weighted by Crippen LogP contribution is 2.07. The molecule has 1 amide bonds. The third-order valence-corrected chi connectivity index (χ3v) is 12.7. The number of esters is 1. The fourth-order valence-electron chi connectivity index (χ4n) is 3.04. The maximum atomic E-state index is 11.0. The lowest BCUT2D eigenvalue weighted by atomic mass is 9.99. The summed E-state index contributed by atoms with van der Waals surface area (Å²) in [5.74, 6) is 0.866. The number of hydrogen-bond donors (Lipinski definition) is 2. The van der Waals surface area contributed by atoms with Crippen molar-refractivity contribution in [2.24, 2.45) is 23.7 Å². The first-order chi connectivity index (χ1) is 23.4. The number of Topliss-reactive ketones (excluding diaryl/α,β-unsaturated/α-hetero) is 1. The molecule has 59 heavy (non-hydrogen) atoms. The van der Waals surface area contributed by atoms with E-state index in [1.165, 1.54) is 0 Å². The standard InChI is InChI=1S/C7H15NO.C7H14O2.C7H14O.C6H15NO2S.C6H14O2S.C6H14OS.6CH4/c1-5(2)7(9)8-6(3)4;1-5(2)7(8)9-6(3)4;1-5(2)7(8)6(3)4;1-5(2)7-10(8,9)6(3)4;1-5(2)9(7,8)6(3)4;1-5(2)8(7)6(3)4;;;;;;/h5-6H,1-4H3,(H,8,9);5-6H,1-4H3;5-6H,1-4H3;5-7H,1-4H3;5-6H,1-4H3;5-6H,1-4H3;6*1H4. The second kappa shape index (κ2) is 46.1. The van der Waals surface area contributed by atoms with Gasteiger partial charge in [0.05, 0.1) is 27.8 Å². The van der Waals surface area contributed by atoms with E-state index >= 15 is 0 Å². The summed E-state index contributed by atoms with van der Waals surface area (Å²) in [5, 5.41) is 2.62. The number of ether oxygens (including phenoxy) is 1. The van der Waals surface area contributed by atoms with Crippen LogP contribution < -0.4 is 10.0 Å². The molecule has 14 heteroatoms. The molecule has 0 rings (SSSR count). The van der Waals surface area contributed by atoms with Gasteiger partial charge in [-0.25, -0.2) is 21.6 Å². The number of ketones is 1. The number of carbonyl (C=O) groups excluding carboxylic acids is 3. The van der Waals surface area contributed by atoms with Crippen LogP contribution >= 0.6 is 0 Å². The van der Waals surface area contributed by atoms with Crippen molar-refractivity contribution in [3.8, 4) is 0 Å². The molecule has 0 aromatic carbocycles. The van der Waals surface area contributed by atoms with Crippen molar-refractivity contribution < 1.29 is 40.2 Å². The highest BCUT2D eigenvalue weighted by molar-refractivity contribution is 7.92. The minimum Gasteiger partial charge on any atom is -0.463 e. The average Bonchev–Trinajstić information content (AvgIpc) is 2.96. The molecule has 0 aromatic rings. The Balaban J connectivity index is -0.0000000441. The van der Waals surface area contributed by atoms with Gasteiger partial charge in [0.1, 0.15) is 5.78 Å². The lowest BCUT2D eigenvalue weighted by molar-refractivity contribution is -0.151. The maximum Gasteiger partial charge on any atom is 0.308 e. The Bertz CT molecular complexity index is 1100. The van der Waals surface area contributed by atoms with E-state index in [-0.39, 0.29) is 114 Å². The van der Waals surface area contributed by atoms with Gasteiger partial charge in [0, 0.05) is 51.1 Å². The summed E-state index contributed by atoms with van der Waals surface area (Å²) >= 11 is 0. The number of nitrogens with one attached hydrogen (secondary N) is 2. The van der Waals surface area contributed by atoms with Crippen molar-refractivity contribution >= 4 is 48.3 Å². The normalized spacial score (nSPS) is 10.5. The van der Waals surface area contributed by atoms with E-state index in [1.54, 1.807) is 55.4 Å². The summed E-state index contributed by atoms with van der Waals surface area (Å²) in [6.07, 6.45) is 0.0138. The van der Waals surface area contributed by atoms with Crippen LogP contribution in [-0.4, -0.2) is 83.1 Å². The molecule has 0 radical (unpaired) electrons. The number of amides is 1. The molecule has 0 atom stereocenters. The van der Waals surface area contributed by atoms with Gasteiger partial charge >= 0.3 is 5.97 Å². The van der Waals surface area contributed by atoms with Crippen LogP contribution in [-0.2, 0) is 49.8 Å². The van der Waals surface area contributed by atoms with Gasteiger partial charge in [-0.3, -0.25) is 18.6 Å². The average molecular weight is 920 g/mol. The van der Waals surface area contributed by atoms with Crippen LogP contribution in [0.5, 0.6) is 0 Å². The minimum absolute atomic E-state index is 0. The Kier molecular flexibility index (Phi) is 69.4.